The molecule has 0 aliphatic rings. The van der Waals surface area contributed by atoms with Crippen LogP contribution >= 0.6 is 0 Å². The summed E-state index contributed by atoms with van der Waals surface area (Å²) in [5, 5.41) is 12.0. The summed E-state index contributed by atoms with van der Waals surface area (Å²) in [5.74, 6) is 1.88. The molecule has 0 radical (unpaired) electrons. The normalized spacial score (nSPS) is 11.4. The van der Waals surface area contributed by atoms with Crippen molar-refractivity contribution in [1.29, 1.82) is 0 Å². The van der Waals surface area contributed by atoms with Crippen LogP contribution in [0.25, 0.3) is 38.7 Å². The van der Waals surface area contributed by atoms with Crippen molar-refractivity contribution >= 4 is 32.8 Å². The molecule has 0 aliphatic carbocycles. The second-order valence-corrected chi connectivity index (χ2v) is 7.68. The molecule has 1 N–H and O–H groups in total. The number of phenolic OH excluding ortho intramolecular Hbond substituents is 1. The fraction of sp³-hybridized carbons (Fsp3) is 0.0385. The number of rotatable bonds is 3. The van der Waals surface area contributed by atoms with Crippen molar-refractivity contribution in [3.8, 4) is 23.2 Å². The molecule has 0 aliphatic heterocycles. The first-order chi connectivity index (χ1) is 15.7. The van der Waals surface area contributed by atoms with Crippen LogP contribution in [-0.4, -0.2) is 24.6 Å². The molecule has 0 bridgehead atoms. The molecular weight excluding hydrogens is 400 g/mol. The van der Waals surface area contributed by atoms with E-state index in [-0.39, 0.29) is 5.75 Å². The molecule has 6 nitrogen and oxygen atoms in total. The molecule has 154 valence electrons. The van der Waals surface area contributed by atoms with Gasteiger partial charge in [-0.15, -0.1) is 0 Å². The maximum Gasteiger partial charge on any atom is 0.220 e. The summed E-state index contributed by atoms with van der Waals surface area (Å²) in [7, 11) is 0. The highest BCUT2D eigenvalue weighted by Gasteiger charge is 2.15. The predicted molar refractivity (Wildman–Crippen MR) is 125 cm³/mol. The Bertz CT molecular complexity index is 1640. The van der Waals surface area contributed by atoms with Gasteiger partial charge in [-0.1, -0.05) is 30.3 Å². The Balaban J connectivity index is 1.52. The molecule has 0 spiro atoms. The van der Waals surface area contributed by atoms with Gasteiger partial charge in [-0.05, 0) is 42.8 Å². The molecule has 2 aromatic carbocycles. The fourth-order valence-corrected chi connectivity index (χ4v) is 4.05. The van der Waals surface area contributed by atoms with Crippen molar-refractivity contribution in [1.82, 2.24) is 19.5 Å². The van der Waals surface area contributed by atoms with Crippen molar-refractivity contribution in [3.05, 3.63) is 90.8 Å². The highest BCUT2D eigenvalue weighted by Crippen LogP contribution is 2.33. The number of fused-ring (bicyclic) bond motifs is 4. The van der Waals surface area contributed by atoms with E-state index >= 15 is 0 Å². The van der Waals surface area contributed by atoms with Crippen LogP contribution in [0.2, 0.25) is 0 Å². The van der Waals surface area contributed by atoms with Gasteiger partial charge in [-0.25, -0.2) is 9.97 Å². The van der Waals surface area contributed by atoms with Crippen LogP contribution in [-0.2, 0) is 0 Å². The zero-order chi connectivity index (χ0) is 21.7. The van der Waals surface area contributed by atoms with Gasteiger partial charge in [0, 0.05) is 29.1 Å². The minimum absolute atomic E-state index is 0.118. The number of pyridine rings is 3. The van der Waals surface area contributed by atoms with Crippen LogP contribution < -0.4 is 4.74 Å². The Morgan fingerprint density at radius 3 is 2.66 bits per heavy atom. The second kappa shape index (κ2) is 7.06. The van der Waals surface area contributed by atoms with Gasteiger partial charge in [-0.2, -0.15) is 0 Å². The van der Waals surface area contributed by atoms with E-state index < -0.39 is 0 Å². The number of aromatic nitrogens is 4. The molecular formula is C26H18N4O2. The standard InChI is InChI=1S/C26H18N4O2/c1-16-11-12-27-23(13-16)30-20-7-3-2-6-19(20)26-21(30)14-18(15-28-26)32-24-10-9-17-5-4-8-22(31)25(17)29-24/h2-15,31H,1H3. The quantitative estimate of drug-likeness (QED) is 0.386. The summed E-state index contributed by atoms with van der Waals surface area (Å²) >= 11 is 0. The molecule has 0 unspecified atom stereocenters. The lowest BCUT2D eigenvalue weighted by Gasteiger charge is -2.09. The Kier molecular flexibility index (Phi) is 4.04. The van der Waals surface area contributed by atoms with Gasteiger partial charge in [0.15, 0.2) is 0 Å². The number of ether oxygens (including phenoxy) is 1. The lowest BCUT2D eigenvalue weighted by Crippen LogP contribution is -1.98. The minimum Gasteiger partial charge on any atom is -0.506 e. The van der Waals surface area contributed by atoms with Crippen LogP contribution in [0.1, 0.15) is 5.56 Å². The molecule has 4 heterocycles. The van der Waals surface area contributed by atoms with Gasteiger partial charge in [0.25, 0.3) is 0 Å². The lowest BCUT2D eigenvalue weighted by atomic mass is 10.2. The summed E-state index contributed by atoms with van der Waals surface area (Å²) in [4.78, 5) is 13.8. The Morgan fingerprint density at radius 2 is 1.75 bits per heavy atom. The first-order valence-electron chi connectivity index (χ1n) is 10.3. The summed E-state index contributed by atoms with van der Waals surface area (Å²) < 4.78 is 8.14. The van der Waals surface area contributed by atoms with E-state index in [1.165, 1.54) is 0 Å². The first-order valence-corrected chi connectivity index (χ1v) is 10.3. The summed E-state index contributed by atoms with van der Waals surface area (Å²) in [6.45, 7) is 2.05. The summed E-state index contributed by atoms with van der Waals surface area (Å²) in [6.07, 6.45) is 3.50. The van der Waals surface area contributed by atoms with Crippen LogP contribution in [0.4, 0.5) is 0 Å². The molecule has 0 fully saturated rings. The number of hydrogen-bond donors (Lipinski definition) is 1. The molecule has 6 rings (SSSR count). The van der Waals surface area contributed by atoms with Gasteiger partial charge in [0.05, 0.1) is 22.7 Å². The summed E-state index contributed by atoms with van der Waals surface area (Å²) in [6, 6.07) is 23.1. The number of phenols is 1. The highest BCUT2D eigenvalue weighted by molar-refractivity contribution is 6.07. The Labute approximate surface area is 183 Å². The van der Waals surface area contributed by atoms with E-state index in [2.05, 4.69) is 26.7 Å². The summed E-state index contributed by atoms with van der Waals surface area (Å²) in [5.41, 5.74) is 4.42. The zero-order valence-corrected chi connectivity index (χ0v) is 17.2. The topological polar surface area (TPSA) is 73.1 Å². The van der Waals surface area contributed by atoms with Crippen molar-refractivity contribution < 1.29 is 9.84 Å². The van der Waals surface area contributed by atoms with Gasteiger partial charge in [-0.3, -0.25) is 9.55 Å². The van der Waals surface area contributed by atoms with Crippen molar-refractivity contribution in [2.45, 2.75) is 6.92 Å². The number of aromatic hydroxyl groups is 1. The van der Waals surface area contributed by atoms with Crippen LogP contribution in [0.3, 0.4) is 0 Å². The van der Waals surface area contributed by atoms with E-state index in [1.807, 2.05) is 55.6 Å². The molecule has 4 aromatic heterocycles. The second-order valence-electron chi connectivity index (χ2n) is 7.68. The third kappa shape index (κ3) is 2.93. The van der Waals surface area contributed by atoms with Crippen molar-refractivity contribution in [2.24, 2.45) is 0 Å². The van der Waals surface area contributed by atoms with Crippen LogP contribution in [0.15, 0.2) is 85.2 Å². The molecule has 6 heteroatoms. The fourth-order valence-electron chi connectivity index (χ4n) is 4.05. The monoisotopic (exact) mass is 418 g/mol. The number of aryl methyl sites for hydroxylation is 1. The molecule has 32 heavy (non-hydrogen) atoms. The number of hydrogen-bond acceptors (Lipinski definition) is 5. The van der Waals surface area contributed by atoms with E-state index in [9.17, 15) is 5.11 Å². The van der Waals surface area contributed by atoms with Gasteiger partial charge < -0.3 is 9.84 Å². The molecule has 0 atom stereocenters. The average molecular weight is 418 g/mol. The van der Waals surface area contributed by atoms with E-state index in [4.69, 9.17) is 9.72 Å². The van der Waals surface area contributed by atoms with E-state index in [1.54, 1.807) is 24.4 Å². The molecule has 0 amide bonds. The van der Waals surface area contributed by atoms with Crippen LogP contribution in [0, 0.1) is 6.92 Å². The van der Waals surface area contributed by atoms with Gasteiger partial charge >= 0.3 is 0 Å². The molecule has 0 saturated carbocycles. The van der Waals surface area contributed by atoms with Crippen molar-refractivity contribution in [2.75, 3.05) is 0 Å². The lowest BCUT2D eigenvalue weighted by molar-refractivity contribution is 0.459. The van der Waals surface area contributed by atoms with E-state index in [0.29, 0.717) is 17.1 Å². The van der Waals surface area contributed by atoms with Crippen LogP contribution in [0.5, 0.6) is 17.4 Å². The minimum atomic E-state index is 0.118. The van der Waals surface area contributed by atoms with Gasteiger partial charge in [0.2, 0.25) is 5.88 Å². The smallest absolute Gasteiger partial charge is 0.220 e. The SMILES string of the molecule is Cc1ccnc(-n2c3ccccc3c3ncc(Oc4ccc5cccc(O)c5n4)cc32)c1. The molecule has 6 aromatic rings. The first kappa shape index (κ1) is 18.3. The van der Waals surface area contributed by atoms with Crippen molar-refractivity contribution in [3.63, 3.8) is 0 Å². The average Bonchev–Trinajstić information content (AvgIpc) is 3.13. The van der Waals surface area contributed by atoms with E-state index in [0.717, 1.165) is 38.7 Å². The number of nitrogens with zero attached hydrogens (tertiary/aromatic N) is 4. The Hall–Kier alpha value is -4.45. The Morgan fingerprint density at radius 1 is 0.844 bits per heavy atom. The number of para-hydroxylation sites is 2. The third-order valence-electron chi connectivity index (χ3n) is 5.51. The third-order valence-corrected chi connectivity index (χ3v) is 5.51. The highest BCUT2D eigenvalue weighted by atomic mass is 16.5. The van der Waals surface area contributed by atoms with Gasteiger partial charge in [0.1, 0.15) is 22.8 Å². The number of benzene rings is 2. The maximum absolute atomic E-state index is 10.1. The maximum atomic E-state index is 10.1. The predicted octanol–water partition coefficient (Wildman–Crippen LogP) is 5.93. The zero-order valence-electron chi connectivity index (χ0n) is 17.2. The largest absolute Gasteiger partial charge is 0.506 e. The molecule has 0 saturated heterocycles.